The zero-order valence-electron chi connectivity index (χ0n) is 11.2. The fourth-order valence-electron chi connectivity index (χ4n) is 2.30. The van der Waals surface area contributed by atoms with Gasteiger partial charge in [0.1, 0.15) is 17.7 Å². The average molecular weight is 282 g/mol. The molecule has 1 atom stereocenters. The largest absolute Gasteiger partial charge is 0.345 e. The maximum atomic E-state index is 13.7. The number of nitrogens with zero attached hydrogens (tertiary/aromatic N) is 1. The van der Waals surface area contributed by atoms with Crippen LogP contribution in [0.3, 0.4) is 0 Å². The minimum absolute atomic E-state index is 0.0779. The smallest absolute Gasteiger partial charge is 0.243 e. The Morgan fingerprint density at radius 3 is 2.80 bits per heavy atom. The van der Waals surface area contributed by atoms with Crippen LogP contribution in [-0.4, -0.2) is 29.3 Å². The molecule has 0 aliphatic carbocycles. The second-order valence-corrected chi connectivity index (χ2v) is 4.78. The number of halogens is 2. The number of piperazine rings is 1. The first-order valence-electron chi connectivity index (χ1n) is 6.54. The Labute approximate surface area is 115 Å². The number of carbonyl (C=O) groups is 2. The van der Waals surface area contributed by atoms with Crippen molar-refractivity contribution < 1.29 is 18.4 Å². The molecule has 4 nitrogen and oxygen atoms in total. The van der Waals surface area contributed by atoms with Gasteiger partial charge < -0.3 is 10.2 Å². The summed E-state index contributed by atoms with van der Waals surface area (Å²) in [4.78, 5) is 25.0. The molecule has 2 rings (SSSR count). The standard InChI is InChI=1S/C14H16F2N2O2/c1-2-3-12-14(20)17-7-13(19)18(12)8-9-6-10(15)4-5-11(9)16/h4-6,12H,2-3,7-8H2,1H3,(H,17,20). The van der Waals surface area contributed by atoms with Gasteiger partial charge in [-0.15, -0.1) is 0 Å². The molecular weight excluding hydrogens is 266 g/mol. The Morgan fingerprint density at radius 1 is 1.35 bits per heavy atom. The SMILES string of the molecule is CCCC1C(=O)NCC(=O)N1Cc1cc(F)ccc1F. The first-order valence-corrected chi connectivity index (χ1v) is 6.54. The number of nitrogens with one attached hydrogen (secondary N) is 1. The summed E-state index contributed by atoms with van der Waals surface area (Å²) in [5, 5.41) is 2.51. The average Bonchev–Trinajstić information content (AvgIpc) is 2.42. The molecule has 2 amide bonds. The molecule has 6 heteroatoms. The van der Waals surface area contributed by atoms with Crippen LogP contribution in [0.2, 0.25) is 0 Å². The van der Waals surface area contributed by atoms with Gasteiger partial charge in [0.15, 0.2) is 0 Å². The van der Waals surface area contributed by atoms with E-state index in [4.69, 9.17) is 0 Å². The number of hydrogen-bond donors (Lipinski definition) is 1. The molecule has 0 saturated carbocycles. The lowest BCUT2D eigenvalue weighted by Gasteiger charge is -2.35. The number of rotatable bonds is 4. The third-order valence-corrected chi connectivity index (χ3v) is 3.32. The maximum absolute atomic E-state index is 13.7. The van der Waals surface area contributed by atoms with E-state index in [1.165, 1.54) is 4.90 Å². The molecule has 0 bridgehead atoms. The summed E-state index contributed by atoms with van der Waals surface area (Å²) in [6.45, 7) is 1.70. The van der Waals surface area contributed by atoms with Crippen LogP contribution in [0.4, 0.5) is 8.78 Å². The topological polar surface area (TPSA) is 49.4 Å². The van der Waals surface area contributed by atoms with E-state index >= 15 is 0 Å². The van der Waals surface area contributed by atoms with Crippen molar-refractivity contribution in [1.82, 2.24) is 10.2 Å². The summed E-state index contributed by atoms with van der Waals surface area (Å²) in [5.41, 5.74) is 0.0779. The first-order chi connectivity index (χ1) is 9.52. The van der Waals surface area contributed by atoms with Crippen molar-refractivity contribution in [2.45, 2.75) is 32.4 Å². The molecule has 1 saturated heterocycles. The molecule has 20 heavy (non-hydrogen) atoms. The predicted octanol–water partition coefficient (Wildman–Crippen LogP) is 1.59. The van der Waals surface area contributed by atoms with Crippen molar-refractivity contribution in [1.29, 1.82) is 0 Å². The number of carbonyl (C=O) groups excluding carboxylic acids is 2. The molecule has 1 unspecified atom stereocenters. The quantitative estimate of drug-likeness (QED) is 0.911. The van der Waals surface area contributed by atoms with Gasteiger partial charge in [0, 0.05) is 12.1 Å². The highest BCUT2D eigenvalue weighted by Crippen LogP contribution is 2.18. The monoisotopic (exact) mass is 282 g/mol. The van der Waals surface area contributed by atoms with Crippen LogP contribution in [0.1, 0.15) is 25.3 Å². The van der Waals surface area contributed by atoms with Gasteiger partial charge in [0.05, 0.1) is 6.54 Å². The van der Waals surface area contributed by atoms with Crippen LogP contribution < -0.4 is 5.32 Å². The Balaban J connectivity index is 2.25. The number of hydrogen-bond acceptors (Lipinski definition) is 2. The Bertz CT molecular complexity index is 534. The summed E-state index contributed by atoms with van der Waals surface area (Å²) < 4.78 is 26.8. The van der Waals surface area contributed by atoms with Crippen LogP contribution in [0, 0.1) is 11.6 Å². The Kier molecular flexibility index (Phi) is 4.32. The maximum Gasteiger partial charge on any atom is 0.243 e. The highest BCUT2D eigenvalue weighted by atomic mass is 19.1. The highest BCUT2D eigenvalue weighted by molar-refractivity contribution is 5.94. The summed E-state index contributed by atoms with van der Waals surface area (Å²) in [5.74, 6) is -1.68. The zero-order valence-corrected chi connectivity index (χ0v) is 11.2. The van der Waals surface area contributed by atoms with Gasteiger partial charge in [0.25, 0.3) is 0 Å². The fourth-order valence-corrected chi connectivity index (χ4v) is 2.30. The highest BCUT2D eigenvalue weighted by Gasteiger charge is 2.34. The minimum atomic E-state index is -0.621. The lowest BCUT2D eigenvalue weighted by Crippen LogP contribution is -2.57. The van der Waals surface area contributed by atoms with Gasteiger partial charge in [-0.05, 0) is 24.6 Å². The van der Waals surface area contributed by atoms with E-state index in [0.29, 0.717) is 12.8 Å². The van der Waals surface area contributed by atoms with Crippen molar-refractivity contribution >= 4 is 11.8 Å². The summed E-state index contributed by atoms with van der Waals surface area (Å²) in [6.07, 6.45) is 1.21. The molecule has 1 fully saturated rings. The van der Waals surface area contributed by atoms with E-state index in [-0.39, 0.29) is 30.5 Å². The van der Waals surface area contributed by atoms with Gasteiger partial charge in [-0.2, -0.15) is 0 Å². The van der Waals surface area contributed by atoms with Crippen molar-refractivity contribution in [3.63, 3.8) is 0 Å². The van der Waals surface area contributed by atoms with Gasteiger partial charge >= 0.3 is 0 Å². The second-order valence-electron chi connectivity index (χ2n) is 4.78. The number of benzene rings is 1. The van der Waals surface area contributed by atoms with E-state index in [9.17, 15) is 18.4 Å². The van der Waals surface area contributed by atoms with Crippen molar-refractivity contribution in [2.24, 2.45) is 0 Å². The number of amides is 2. The van der Waals surface area contributed by atoms with E-state index < -0.39 is 17.7 Å². The molecule has 0 aromatic heterocycles. The molecule has 1 aliphatic rings. The summed E-state index contributed by atoms with van der Waals surface area (Å²) in [6, 6.07) is 2.48. The third kappa shape index (κ3) is 2.95. The van der Waals surface area contributed by atoms with Gasteiger partial charge in [-0.3, -0.25) is 9.59 Å². The van der Waals surface area contributed by atoms with Crippen LogP contribution in [0.15, 0.2) is 18.2 Å². The van der Waals surface area contributed by atoms with Crippen LogP contribution in [0.25, 0.3) is 0 Å². The van der Waals surface area contributed by atoms with Crippen LogP contribution >= 0.6 is 0 Å². The van der Waals surface area contributed by atoms with E-state index in [1.807, 2.05) is 6.92 Å². The fraction of sp³-hybridized carbons (Fsp3) is 0.429. The molecule has 108 valence electrons. The summed E-state index contributed by atoms with van der Waals surface area (Å²) in [7, 11) is 0. The lowest BCUT2D eigenvalue weighted by atomic mass is 10.0. The van der Waals surface area contributed by atoms with Gasteiger partial charge in [-0.1, -0.05) is 13.3 Å². The predicted molar refractivity (Wildman–Crippen MR) is 68.6 cm³/mol. The lowest BCUT2D eigenvalue weighted by molar-refractivity contribution is -0.146. The van der Waals surface area contributed by atoms with E-state index in [0.717, 1.165) is 18.2 Å². The van der Waals surface area contributed by atoms with Gasteiger partial charge in [-0.25, -0.2) is 8.78 Å². The first kappa shape index (κ1) is 14.4. The third-order valence-electron chi connectivity index (χ3n) is 3.32. The van der Waals surface area contributed by atoms with E-state index in [1.54, 1.807) is 0 Å². The molecule has 1 heterocycles. The Hall–Kier alpha value is -1.98. The van der Waals surface area contributed by atoms with Crippen LogP contribution in [-0.2, 0) is 16.1 Å². The molecule has 0 radical (unpaired) electrons. The molecule has 1 N–H and O–H groups in total. The van der Waals surface area contributed by atoms with Gasteiger partial charge in [0.2, 0.25) is 11.8 Å². The van der Waals surface area contributed by atoms with Crippen molar-refractivity contribution in [3.05, 3.63) is 35.4 Å². The minimum Gasteiger partial charge on any atom is -0.345 e. The zero-order chi connectivity index (χ0) is 14.7. The molecule has 0 spiro atoms. The van der Waals surface area contributed by atoms with Crippen LogP contribution in [0.5, 0.6) is 0 Å². The Morgan fingerprint density at radius 2 is 2.10 bits per heavy atom. The summed E-state index contributed by atoms with van der Waals surface area (Å²) >= 11 is 0. The molecular formula is C14H16F2N2O2. The second kappa shape index (κ2) is 5.98. The molecule has 1 aromatic rings. The van der Waals surface area contributed by atoms with E-state index in [2.05, 4.69) is 5.32 Å². The van der Waals surface area contributed by atoms with Crippen molar-refractivity contribution in [2.75, 3.05) is 6.54 Å². The normalized spacial score (nSPS) is 19.1. The molecule has 1 aliphatic heterocycles. The van der Waals surface area contributed by atoms with Crippen molar-refractivity contribution in [3.8, 4) is 0 Å². The molecule has 1 aromatic carbocycles.